The highest BCUT2D eigenvalue weighted by Gasteiger charge is 2.28. The molecule has 2 heterocycles. The lowest BCUT2D eigenvalue weighted by atomic mass is 10.4. The molecule has 0 amide bonds. The summed E-state index contributed by atoms with van der Waals surface area (Å²) in [5.41, 5.74) is 0.466. The quantitative estimate of drug-likeness (QED) is 0.871. The van der Waals surface area contributed by atoms with Gasteiger partial charge in [-0.05, 0) is 12.1 Å². The van der Waals surface area contributed by atoms with Crippen molar-refractivity contribution < 1.29 is 17.6 Å². The molecule has 1 N–H and O–H groups in total. The van der Waals surface area contributed by atoms with E-state index in [-0.39, 0.29) is 5.13 Å². The zero-order chi connectivity index (χ0) is 13.2. The van der Waals surface area contributed by atoms with Crippen LogP contribution in [0.4, 0.5) is 23.2 Å². The van der Waals surface area contributed by atoms with E-state index in [0.29, 0.717) is 12.2 Å². The van der Waals surface area contributed by atoms with Crippen LogP contribution in [0.15, 0.2) is 24.5 Å². The fourth-order valence-corrected chi connectivity index (χ4v) is 2.03. The van der Waals surface area contributed by atoms with Crippen molar-refractivity contribution in [2.45, 2.75) is 19.3 Å². The summed E-state index contributed by atoms with van der Waals surface area (Å²) in [4.78, 5) is 0.760. The topological polar surface area (TPSA) is 29.9 Å². The second kappa shape index (κ2) is 4.97. The molecule has 2 aromatic heterocycles. The van der Waals surface area contributed by atoms with E-state index in [1.807, 2.05) is 0 Å². The van der Waals surface area contributed by atoms with Crippen LogP contribution < -0.4 is 5.32 Å². The minimum absolute atomic E-state index is 0.292. The fourth-order valence-electron chi connectivity index (χ4n) is 1.36. The zero-order valence-electron chi connectivity index (χ0n) is 9.04. The Morgan fingerprint density at radius 2 is 2.11 bits per heavy atom. The Bertz CT molecular complexity index is 517. The molecule has 0 aromatic carbocycles. The van der Waals surface area contributed by atoms with E-state index in [2.05, 4.69) is 10.4 Å². The van der Waals surface area contributed by atoms with Crippen molar-refractivity contribution in [1.29, 1.82) is 0 Å². The molecule has 0 saturated carbocycles. The number of thiophene rings is 1. The van der Waals surface area contributed by atoms with Crippen LogP contribution in [0.5, 0.6) is 0 Å². The van der Waals surface area contributed by atoms with Crippen molar-refractivity contribution in [3.63, 3.8) is 0 Å². The summed E-state index contributed by atoms with van der Waals surface area (Å²) in [6, 6.07) is 2.96. The average Bonchev–Trinajstić information content (AvgIpc) is 2.82. The van der Waals surface area contributed by atoms with Crippen LogP contribution in [0.25, 0.3) is 0 Å². The summed E-state index contributed by atoms with van der Waals surface area (Å²) in [7, 11) is 0. The molecule has 98 valence electrons. The van der Waals surface area contributed by atoms with Crippen LogP contribution >= 0.6 is 11.3 Å². The van der Waals surface area contributed by atoms with Gasteiger partial charge >= 0.3 is 6.18 Å². The molecule has 0 spiro atoms. The minimum Gasteiger partial charge on any atom is -0.378 e. The van der Waals surface area contributed by atoms with Gasteiger partial charge in [0.2, 0.25) is 0 Å². The molecule has 0 fully saturated rings. The van der Waals surface area contributed by atoms with Gasteiger partial charge in [0, 0.05) is 17.6 Å². The second-order valence-corrected chi connectivity index (χ2v) is 4.72. The lowest BCUT2D eigenvalue weighted by Crippen LogP contribution is -2.17. The fraction of sp³-hybridized carbons (Fsp3) is 0.300. The molecule has 0 radical (unpaired) electrons. The number of hydrogen-bond donors (Lipinski definition) is 1. The number of alkyl halides is 3. The molecule has 18 heavy (non-hydrogen) atoms. The highest BCUT2D eigenvalue weighted by molar-refractivity contribution is 7.10. The summed E-state index contributed by atoms with van der Waals surface area (Å²) < 4.78 is 49.7. The van der Waals surface area contributed by atoms with Gasteiger partial charge in [0.25, 0.3) is 0 Å². The summed E-state index contributed by atoms with van der Waals surface area (Å²) in [5, 5.41) is 6.16. The van der Waals surface area contributed by atoms with Crippen molar-refractivity contribution >= 4 is 17.0 Å². The monoisotopic (exact) mass is 279 g/mol. The summed E-state index contributed by atoms with van der Waals surface area (Å²) >= 11 is 0.987. The van der Waals surface area contributed by atoms with Gasteiger partial charge in [0.1, 0.15) is 6.54 Å². The molecule has 0 unspecified atom stereocenters. The smallest absolute Gasteiger partial charge is 0.378 e. The molecule has 0 aliphatic heterocycles. The number of rotatable bonds is 4. The van der Waals surface area contributed by atoms with E-state index in [1.54, 1.807) is 6.07 Å². The third-order valence-electron chi connectivity index (χ3n) is 2.07. The third-order valence-corrected chi connectivity index (χ3v) is 2.94. The molecule has 2 rings (SSSR count). The number of hydrogen-bond acceptors (Lipinski definition) is 3. The summed E-state index contributed by atoms with van der Waals surface area (Å²) in [5.74, 6) is 0. The first-order chi connectivity index (χ1) is 8.42. The zero-order valence-corrected chi connectivity index (χ0v) is 9.85. The van der Waals surface area contributed by atoms with Gasteiger partial charge < -0.3 is 5.32 Å². The van der Waals surface area contributed by atoms with Crippen molar-refractivity contribution in [2.75, 3.05) is 5.32 Å². The maximum absolute atomic E-state index is 12.7. The van der Waals surface area contributed by atoms with E-state index in [1.165, 1.54) is 18.5 Å². The van der Waals surface area contributed by atoms with Crippen molar-refractivity contribution in [3.8, 4) is 0 Å². The van der Waals surface area contributed by atoms with Gasteiger partial charge in [0.15, 0.2) is 5.13 Å². The Morgan fingerprint density at radius 3 is 2.72 bits per heavy atom. The lowest BCUT2D eigenvalue weighted by Gasteiger charge is -2.05. The predicted octanol–water partition coefficient (Wildman–Crippen LogP) is 3.26. The van der Waals surface area contributed by atoms with Crippen LogP contribution in [-0.2, 0) is 13.1 Å². The molecular weight excluding hydrogens is 270 g/mol. The van der Waals surface area contributed by atoms with E-state index in [4.69, 9.17) is 0 Å². The molecule has 2 aromatic rings. The van der Waals surface area contributed by atoms with Crippen LogP contribution in [0.1, 0.15) is 4.88 Å². The normalized spacial score (nSPS) is 11.8. The largest absolute Gasteiger partial charge is 0.408 e. The summed E-state index contributed by atoms with van der Waals surface area (Å²) in [6.07, 6.45) is -1.73. The lowest BCUT2D eigenvalue weighted by molar-refractivity contribution is -0.142. The number of anilines is 1. The number of nitrogens with zero attached hydrogens (tertiary/aromatic N) is 2. The van der Waals surface area contributed by atoms with Crippen LogP contribution in [-0.4, -0.2) is 16.0 Å². The molecule has 0 aliphatic carbocycles. The Labute approximate surface area is 104 Å². The van der Waals surface area contributed by atoms with Gasteiger partial charge in [-0.1, -0.05) is 0 Å². The van der Waals surface area contributed by atoms with E-state index >= 15 is 0 Å². The number of nitrogens with one attached hydrogen (secondary N) is 1. The Balaban J connectivity index is 1.91. The molecule has 8 heteroatoms. The highest BCUT2D eigenvalue weighted by atomic mass is 32.1. The highest BCUT2D eigenvalue weighted by Crippen LogP contribution is 2.19. The van der Waals surface area contributed by atoms with E-state index in [0.717, 1.165) is 20.9 Å². The first-order valence-electron chi connectivity index (χ1n) is 5.00. The van der Waals surface area contributed by atoms with Gasteiger partial charge in [-0.25, -0.2) is 0 Å². The minimum atomic E-state index is -4.29. The Morgan fingerprint density at radius 1 is 1.33 bits per heavy atom. The van der Waals surface area contributed by atoms with Gasteiger partial charge in [-0.3, -0.25) is 4.68 Å². The predicted molar refractivity (Wildman–Crippen MR) is 59.9 cm³/mol. The SMILES string of the molecule is Fc1ccc(CNc2cnn(CC(F)(F)F)c2)s1. The first kappa shape index (κ1) is 12.9. The molecule has 0 saturated heterocycles. The standard InChI is InChI=1S/C10H9F4N3S/c11-9-2-1-8(18-9)4-15-7-3-16-17(5-7)6-10(12,13)14/h1-3,5,15H,4,6H2. The van der Waals surface area contributed by atoms with Gasteiger partial charge in [0.05, 0.1) is 11.9 Å². The maximum atomic E-state index is 12.7. The van der Waals surface area contributed by atoms with Gasteiger partial charge in [-0.15, -0.1) is 11.3 Å². The molecule has 0 bridgehead atoms. The van der Waals surface area contributed by atoms with Gasteiger partial charge in [-0.2, -0.15) is 22.7 Å². The Hall–Kier alpha value is -1.57. The van der Waals surface area contributed by atoms with Crippen molar-refractivity contribution in [3.05, 3.63) is 34.5 Å². The van der Waals surface area contributed by atoms with Crippen LogP contribution in [0.3, 0.4) is 0 Å². The molecular formula is C10H9F4N3S. The number of aromatic nitrogens is 2. The molecule has 0 aliphatic rings. The Kier molecular flexibility index (Phi) is 3.55. The van der Waals surface area contributed by atoms with E-state index < -0.39 is 12.7 Å². The second-order valence-electron chi connectivity index (χ2n) is 3.60. The maximum Gasteiger partial charge on any atom is 0.408 e. The first-order valence-corrected chi connectivity index (χ1v) is 5.81. The third kappa shape index (κ3) is 3.73. The average molecular weight is 279 g/mol. The molecule has 0 atom stereocenters. The molecule has 3 nitrogen and oxygen atoms in total. The van der Waals surface area contributed by atoms with Crippen LogP contribution in [0.2, 0.25) is 0 Å². The van der Waals surface area contributed by atoms with Crippen molar-refractivity contribution in [2.24, 2.45) is 0 Å². The van der Waals surface area contributed by atoms with E-state index in [9.17, 15) is 17.6 Å². The van der Waals surface area contributed by atoms with Crippen LogP contribution in [0, 0.1) is 5.13 Å². The van der Waals surface area contributed by atoms with Crippen molar-refractivity contribution in [1.82, 2.24) is 9.78 Å². The summed E-state index contributed by atoms with van der Waals surface area (Å²) in [6.45, 7) is -0.769. The number of halogens is 4.